The van der Waals surface area contributed by atoms with Gasteiger partial charge in [0, 0.05) is 5.56 Å². The number of hydrogen-bond acceptors (Lipinski definition) is 5. The fourth-order valence-corrected chi connectivity index (χ4v) is 2.93. The molecule has 2 aromatic rings. The molecule has 0 saturated heterocycles. The molecule has 1 aliphatic carbocycles. The van der Waals surface area contributed by atoms with Gasteiger partial charge in [-0.05, 0) is 56.0 Å². The number of carbonyl (C=O) groups is 2. The summed E-state index contributed by atoms with van der Waals surface area (Å²) < 4.78 is 10.4. The molecule has 0 spiro atoms. The van der Waals surface area contributed by atoms with Gasteiger partial charge in [-0.3, -0.25) is 4.79 Å². The van der Waals surface area contributed by atoms with Crippen LogP contribution in [0.5, 0.6) is 5.75 Å². The lowest BCUT2D eigenvalue weighted by Crippen LogP contribution is -2.27. The van der Waals surface area contributed by atoms with Gasteiger partial charge in [-0.25, -0.2) is 10.2 Å². The van der Waals surface area contributed by atoms with Gasteiger partial charge in [0.15, 0.2) is 6.61 Å². The van der Waals surface area contributed by atoms with Crippen LogP contribution in [0.3, 0.4) is 0 Å². The minimum Gasteiger partial charge on any atom is -0.484 e. The fourth-order valence-electron chi connectivity index (χ4n) is 2.93. The number of aryl methyl sites for hydroxylation is 1. The Kier molecular flexibility index (Phi) is 6.20. The van der Waals surface area contributed by atoms with Crippen molar-refractivity contribution < 1.29 is 19.1 Å². The van der Waals surface area contributed by atoms with Gasteiger partial charge in [0.25, 0.3) is 5.91 Å². The number of benzene rings is 2. The minimum absolute atomic E-state index is 0.156. The molecule has 1 aliphatic rings. The molecule has 1 N–H and O–H groups in total. The third kappa shape index (κ3) is 4.94. The third-order valence-electron chi connectivity index (χ3n) is 4.24. The van der Waals surface area contributed by atoms with Gasteiger partial charge in [0.05, 0.1) is 17.9 Å². The van der Waals surface area contributed by atoms with Crippen LogP contribution in [0.15, 0.2) is 53.6 Å². The van der Waals surface area contributed by atoms with Gasteiger partial charge in [0.2, 0.25) is 0 Å². The number of hydrazone groups is 1. The second-order valence-electron chi connectivity index (χ2n) is 6.14. The number of carbonyl (C=O) groups excluding carboxylic acids is 2. The highest BCUT2D eigenvalue weighted by Gasteiger charge is 2.15. The Morgan fingerprint density at radius 2 is 1.85 bits per heavy atom. The molecule has 0 bridgehead atoms. The van der Waals surface area contributed by atoms with Crippen LogP contribution >= 0.6 is 0 Å². The van der Waals surface area contributed by atoms with E-state index in [0.717, 1.165) is 30.5 Å². The molecular formula is C21H22N2O4. The van der Waals surface area contributed by atoms with E-state index in [1.54, 1.807) is 31.2 Å². The Hall–Kier alpha value is -3.15. The molecule has 0 radical (unpaired) electrons. The number of esters is 1. The second kappa shape index (κ2) is 8.98. The standard InChI is InChI=1S/C21H22N2O4/c1-2-26-21(25)16-10-12-17(13-11-16)27-14-20(24)23-22-19-9-5-7-15-6-3-4-8-18(15)19/h3-4,6,8,10-13H,2,5,7,9,14H2,1H3,(H,23,24)/b22-19-. The summed E-state index contributed by atoms with van der Waals surface area (Å²) in [4.78, 5) is 23.6. The largest absolute Gasteiger partial charge is 0.484 e. The molecule has 0 atom stereocenters. The first kappa shape index (κ1) is 18.6. The average molecular weight is 366 g/mol. The van der Waals surface area contributed by atoms with Gasteiger partial charge >= 0.3 is 5.97 Å². The smallest absolute Gasteiger partial charge is 0.338 e. The third-order valence-corrected chi connectivity index (χ3v) is 4.24. The van der Waals surface area contributed by atoms with Crippen LogP contribution in [-0.2, 0) is 16.0 Å². The maximum atomic E-state index is 12.0. The Balaban J connectivity index is 1.53. The van der Waals surface area contributed by atoms with Crippen molar-refractivity contribution in [3.8, 4) is 5.75 Å². The number of ether oxygens (including phenoxy) is 2. The minimum atomic E-state index is -0.384. The number of amides is 1. The zero-order chi connectivity index (χ0) is 19.1. The normalized spacial score (nSPS) is 14.3. The summed E-state index contributed by atoms with van der Waals surface area (Å²) in [7, 11) is 0. The molecule has 27 heavy (non-hydrogen) atoms. The molecule has 0 fully saturated rings. The maximum absolute atomic E-state index is 12.0. The van der Waals surface area contributed by atoms with Crippen molar-refractivity contribution >= 4 is 17.6 Å². The number of nitrogens with one attached hydrogen (secondary N) is 1. The van der Waals surface area contributed by atoms with Crippen LogP contribution in [-0.4, -0.2) is 30.8 Å². The van der Waals surface area contributed by atoms with Crippen LogP contribution in [0.2, 0.25) is 0 Å². The molecule has 0 heterocycles. The molecule has 3 rings (SSSR count). The Morgan fingerprint density at radius 1 is 1.07 bits per heavy atom. The molecule has 140 valence electrons. The molecule has 0 saturated carbocycles. The lowest BCUT2D eigenvalue weighted by molar-refractivity contribution is -0.123. The average Bonchev–Trinajstić information content (AvgIpc) is 2.71. The molecule has 6 nitrogen and oxygen atoms in total. The molecule has 6 heteroatoms. The first-order chi connectivity index (χ1) is 13.2. The van der Waals surface area contributed by atoms with E-state index >= 15 is 0 Å². The van der Waals surface area contributed by atoms with Gasteiger partial charge in [-0.1, -0.05) is 24.3 Å². The van der Waals surface area contributed by atoms with E-state index in [4.69, 9.17) is 9.47 Å². The van der Waals surface area contributed by atoms with E-state index in [1.165, 1.54) is 5.56 Å². The monoisotopic (exact) mass is 366 g/mol. The van der Waals surface area contributed by atoms with Crippen molar-refractivity contribution in [1.29, 1.82) is 0 Å². The van der Waals surface area contributed by atoms with Crippen LogP contribution < -0.4 is 10.2 Å². The highest BCUT2D eigenvalue weighted by molar-refractivity contribution is 6.03. The SMILES string of the molecule is CCOC(=O)c1ccc(OCC(=O)N/N=C2/CCCc3ccccc32)cc1. The first-order valence-electron chi connectivity index (χ1n) is 9.01. The van der Waals surface area contributed by atoms with Crippen molar-refractivity contribution in [2.45, 2.75) is 26.2 Å². The maximum Gasteiger partial charge on any atom is 0.338 e. The fraction of sp³-hybridized carbons (Fsp3) is 0.286. The first-order valence-corrected chi connectivity index (χ1v) is 9.01. The van der Waals surface area contributed by atoms with E-state index < -0.39 is 0 Å². The van der Waals surface area contributed by atoms with Crippen molar-refractivity contribution in [3.63, 3.8) is 0 Å². The Morgan fingerprint density at radius 3 is 2.63 bits per heavy atom. The highest BCUT2D eigenvalue weighted by Crippen LogP contribution is 2.21. The molecule has 0 aliphatic heterocycles. The Labute approximate surface area is 158 Å². The van der Waals surface area contributed by atoms with Crippen LogP contribution in [0.1, 0.15) is 41.3 Å². The van der Waals surface area contributed by atoms with Crippen LogP contribution in [0.4, 0.5) is 0 Å². The molecule has 0 unspecified atom stereocenters. The lowest BCUT2D eigenvalue weighted by atomic mass is 9.90. The van der Waals surface area contributed by atoms with Gasteiger partial charge in [-0.2, -0.15) is 5.10 Å². The summed E-state index contributed by atoms with van der Waals surface area (Å²) in [5.41, 5.74) is 6.25. The topological polar surface area (TPSA) is 77.0 Å². The van der Waals surface area contributed by atoms with Gasteiger partial charge < -0.3 is 9.47 Å². The van der Waals surface area contributed by atoms with Crippen molar-refractivity contribution in [2.75, 3.05) is 13.2 Å². The van der Waals surface area contributed by atoms with Crippen LogP contribution in [0, 0.1) is 0 Å². The zero-order valence-corrected chi connectivity index (χ0v) is 15.2. The number of hydrogen-bond donors (Lipinski definition) is 1. The number of rotatable bonds is 6. The van der Waals surface area contributed by atoms with Crippen molar-refractivity contribution in [1.82, 2.24) is 5.43 Å². The summed E-state index contributed by atoms with van der Waals surface area (Å²) in [6, 6.07) is 14.6. The van der Waals surface area contributed by atoms with E-state index in [1.807, 2.05) is 18.2 Å². The summed E-state index contributed by atoms with van der Waals surface area (Å²) in [5, 5.41) is 4.27. The zero-order valence-electron chi connectivity index (χ0n) is 15.2. The van der Waals surface area contributed by atoms with Crippen molar-refractivity contribution in [2.24, 2.45) is 5.10 Å². The van der Waals surface area contributed by atoms with Gasteiger partial charge in [-0.15, -0.1) is 0 Å². The van der Waals surface area contributed by atoms with E-state index in [0.29, 0.717) is 17.9 Å². The number of fused-ring (bicyclic) bond motifs is 1. The summed E-state index contributed by atoms with van der Waals surface area (Å²) >= 11 is 0. The second-order valence-corrected chi connectivity index (χ2v) is 6.14. The summed E-state index contributed by atoms with van der Waals surface area (Å²) in [6.07, 6.45) is 2.90. The number of nitrogens with zero attached hydrogens (tertiary/aromatic N) is 1. The predicted octanol–water partition coefficient (Wildman–Crippen LogP) is 3.10. The van der Waals surface area contributed by atoms with E-state index in [2.05, 4.69) is 16.6 Å². The predicted molar refractivity (Wildman–Crippen MR) is 102 cm³/mol. The Bertz CT molecular complexity index is 844. The summed E-state index contributed by atoms with van der Waals surface area (Å²) in [5.74, 6) is -0.223. The molecule has 0 aromatic heterocycles. The quantitative estimate of drug-likeness (QED) is 0.629. The molecular weight excluding hydrogens is 344 g/mol. The van der Waals surface area contributed by atoms with E-state index in [-0.39, 0.29) is 18.5 Å². The lowest BCUT2D eigenvalue weighted by Gasteiger charge is -2.17. The summed E-state index contributed by atoms with van der Waals surface area (Å²) in [6.45, 7) is 1.92. The van der Waals surface area contributed by atoms with Crippen LogP contribution in [0.25, 0.3) is 0 Å². The molecule has 2 aromatic carbocycles. The van der Waals surface area contributed by atoms with E-state index in [9.17, 15) is 9.59 Å². The highest BCUT2D eigenvalue weighted by atomic mass is 16.5. The van der Waals surface area contributed by atoms with Gasteiger partial charge in [0.1, 0.15) is 5.75 Å². The molecule has 1 amide bonds. The van der Waals surface area contributed by atoms with Crippen molar-refractivity contribution in [3.05, 3.63) is 65.2 Å².